The number of aromatic nitrogens is 1. The number of halogens is 2. The maximum Gasteiger partial charge on any atom is 0.279 e. The van der Waals surface area contributed by atoms with Gasteiger partial charge in [-0.05, 0) is 25.1 Å². The Morgan fingerprint density at radius 2 is 2.08 bits per heavy atom. The van der Waals surface area contributed by atoms with Crippen molar-refractivity contribution in [2.24, 2.45) is 4.99 Å². The minimum Gasteiger partial charge on any atom is -0.383 e. The van der Waals surface area contributed by atoms with E-state index in [1.807, 2.05) is 13.0 Å². The molecule has 0 fully saturated rings. The first-order valence-corrected chi connectivity index (χ1v) is 8.44. The fourth-order valence-corrected chi connectivity index (χ4v) is 3.63. The fourth-order valence-electron chi connectivity index (χ4n) is 2.53. The molecule has 3 aromatic rings. The van der Waals surface area contributed by atoms with Crippen LogP contribution in [0.15, 0.2) is 41.4 Å². The van der Waals surface area contributed by atoms with Gasteiger partial charge in [0, 0.05) is 25.3 Å². The van der Waals surface area contributed by atoms with Gasteiger partial charge in [-0.2, -0.15) is 4.99 Å². The van der Waals surface area contributed by atoms with Crippen LogP contribution in [0.5, 0.6) is 0 Å². The van der Waals surface area contributed by atoms with Crippen molar-refractivity contribution in [1.29, 1.82) is 0 Å². The maximum absolute atomic E-state index is 14.2. The smallest absolute Gasteiger partial charge is 0.279 e. The molecule has 0 aliphatic carbocycles. The van der Waals surface area contributed by atoms with Crippen LogP contribution in [0.1, 0.15) is 15.9 Å². The first-order chi connectivity index (χ1) is 12.0. The molecule has 7 heteroatoms. The van der Waals surface area contributed by atoms with Gasteiger partial charge in [-0.15, -0.1) is 0 Å². The summed E-state index contributed by atoms with van der Waals surface area (Å²) in [4.78, 5) is 16.9. The number of carbonyl (C=O) groups excluding carboxylic acids is 1. The summed E-state index contributed by atoms with van der Waals surface area (Å²) < 4.78 is 34.7. The highest BCUT2D eigenvalue weighted by atomic mass is 32.1. The second-order valence-electron chi connectivity index (χ2n) is 5.55. The van der Waals surface area contributed by atoms with Crippen molar-refractivity contribution in [3.63, 3.8) is 0 Å². The molecule has 0 aliphatic rings. The summed E-state index contributed by atoms with van der Waals surface area (Å²) in [7, 11) is 1.53. The van der Waals surface area contributed by atoms with Gasteiger partial charge in [0.1, 0.15) is 5.82 Å². The van der Waals surface area contributed by atoms with Crippen LogP contribution >= 0.6 is 11.3 Å². The maximum atomic E-state index is 14.2. The highest BCUT2D eigenvalue weighted by molar-refractivity contribution is 7.16. The van der Waals surface area contributed by atoms with E-state index >= 15 is 0 Å². The van der Waals surface area contributed by atoms with E-state index in [4.69, 9.17) is 4.74 Å². The molecule has 0 radical (unpaired) electrons. The molecular weight excluding hydrogens is 346 g/mol. The van der Waals surface area contributed by atoms with Crippen molar-refractivity contribution in [1.82, 2.24) is 4.57 Å². The first-order valence-electron chi connectivity index (χ1n) is 7.62. The van der Waals surface area contributed by atoms with Gasteiger partial charge in [0.2, 0.25) is 0 Å². The molecule has 1 aromatic heterocycles. The Morgan fingerprint density at radius 3 is 2.80 bits per heavy atom. The zero-order chi connectivity index (χ0) is 18.0. The van der Waals surface area contributed by atoms with E-state index < -0.39 is 17.5 Å². The van der Waals surface area contributed by atoms with Gasteiger partial charge in [-0.1, -0.05) is 29.0 Å². The Kier molecular flexibility index (Phi) is 5.06. The van der Waals surface area contributed by atoms with E-state index in [9.17, 15) is 13.6 Å². The minimum atomic E-state index is -0.688. The van der Waals surface area contributed by atoms with Crippen molar-refractivity contribution in [2.75, 3.05) is 13.7 Å². The van der Waals surface area contributed by atoms with Crippen LogP contribution in [-0.4, -0.2) is 24.2 Å². The lowest BCUT2D eigenvalue weighted by Crippen LogP contribution is -2.20. The van der Waals surface area contributed by atoms with Gasteiger partial charge in [0.25, 0.3) is 5.91 Å². The van der Waals surface area contributed by atoms with E-state index in [0.717, 1.165) is 23.0 Å². The third-order valence-electron chi connectivity index (χ3n) is 3.68. The summed E-state index contributed by atoms with van der Waals surface area (Å²) in [5.41, 5.74) is 1.61. The molecule has 0 atom stereocenters. The van der Waals surface area contributed by atoms with Crippen molar-refractivity contribution in [3.8, 4) is 0 Å². The largest absolute Gasteiger partial charge is 0.383 e. The number of thiazole rings is 1. The number of methoxy groups -OCH3 is 1. The summed E-state index contributed by atoms with van der Waals surface area (Å²) in [6.07, 6.45) is 0. The molecule has 1 amide bonds. The summed E-state index contributed by atoms with van der Waals surface area (Å²) in [6, 6.07) is 9.13. The van der Waals surface area contributed by atoms with Crippen LogP contribution < -0.4 is 4.80 Å². The quantitative estimate of drug-likeness (QED) is 0.711. The number of carbonyl (C=O) groups is 1. The highest BCUT2D eigenvalue weighted by Gasteiger charge is 2.14. The van der Waals surface area contributed by atoms with Crippen molar-refractivity contribution < 1.29 is 18.3 Å². The molecule has 0 bridgehead atoms. The van der Waals surface area contributed by atoms with Gasteiger partial charge in [-0.25, -0.2) is 8.78 Å². The monoisotopic (exact) mass is 362 g/mol. The third-order valence-corrected chi connectivity index (χ3v) is 4.70. The van der Waals surface area contributed by atoms with E-state index in [0.29, 0.717) is 28.2 Å². The van der Waals surface area contributed by atoms with Crippen LogP contribution in [0, 0.1) is 18.6 Å². The van der Waals surface area contributed by atoms with Crippen molar-refractivity contribution in [3.05, 3.63) is 64.0 Å². The van der Waals surface area contributed by atoms with Gasteiger partial charge >= 0.3 is 0 Å². The molecule has 3 rings (SSSR count). The van der Waals surface area contributed by atoms with Crippen molar-refractivity contribution in [2.45, 2.75) is 13.5 Å². The van der Waals surface area contributed by atoms with Gasteiger partial charge < -0.3 is 9.30 Å². The van der Waals surface area contributed by atoms with E-state index in [1.54, 1.807) is 22.8 Å². The van der Waals surface area contributed by atoms with E-state index in [1.165, 1.54) is 13.2 Å². The summed E-state index contributed by atoms with van der Waals surface area (Å²) in [5, 5.41) is 0. The number of nitrogens with zero attached hydrogens (tertiary/aromatic N) is 2. The second-order valence-corrected chi connectivity index (χ2v) is 6.56. The fraction of sp³-hybridized carbons (Fsp3) is 0.222. The average molecular weight is 362 g/mol. The Balaban J connectivity index is 2.17. The highest BCUT2D eigenvalue weighted by Crippen LogP contribution is 2.22. The molecule has 0 spiro atoms. The second kappa shape index (κ2) is 7.25. The number of aryl methyl sites for hydroxylation is 1. The Labute approximate surface area is 147 Å². The number of ether oxygens (including phenoxy) is 1. The Bertz CT molecular complexity index is 1010. The lowest BCUT2D eigenvalue weighted by atomic mass is 10.1. The topological polar surface area (TPSA) is 43.6 Å². The Hall–Kier alpha value is -2.38. The summed E-state index contributed by atoms with van der Waals surface area (Å²) >= 11 is 1.07. The third kappa shape index (κ3) is 3.67. The first kappa shape index (κ1) is 17.4. The number of fused-ring (bicyclic) bond motifs is 1. The number of amides is 1. The number of benzene rings is 2. The molecular formula is C18H16F2N2O2S. The molecule has 0 saturated carbocycles. The SMILES string of the molecule is COCCn1c(=NC(=O)c2cccc(C)c2)sc2cc(F)cc(F)c21. The number of rotatable bonds is 4. The summed E-state index contributed by atoms with van der Waals surface area (Å²) in [5.74, 6) is -1.78. The van der Waals surface area contributed by atoms with Crippen LogP contribution in [0.3, 0.4) is 0 Å². The minimum absolute atomic E-state index is 0.222. The van der Waals surface area contributed by atoms with Gasteiger partial charge in [0.15, 0.2) is 10.6 Å². The molecule has 130 valence electrons. The molecule has 4 nitrogen and oxygen atoms in total. The van der Waals surface area contributed by atoms with Gasteiger partial charge in [-0.3, -0.25) is 4.79 Å². The normalized spacial score (nSPS) is 12.1. The van der Waals surface area contributed by atoms with E-state index in [-0.39, 0.29) is 5.52 Å². The van der Waals surface area contributed by atoms with Gasteiger partial charge in [0.05, 0.1) is 16.8 Å². The number of hydrogen-bond acceptors (Lipinski definition) is 3. The van der Waals surface area contributed by atoms with Crippen LogP contribution in [0.4, 0.5) is 8.78 Å². The lowest BCUT2D eigenvalue weighted by molar-refractivity contribution is 0.0997. The number of hydrogen-bond donors (Lipinski definition) is 0. The van der Waals surface area contributed by atoms with Crippen LogP contribution in [0.25, 0.3) is 10.2 Å². The van der Waals surface area contributed by atoms with Crippen LogP contribution in [-0.2, 0) is 11.3 Å². The molecule has 0 saturated heterocycles. The average Bonchev–Trinajstić information content (AvgIpc) is 2.90. The van der Waals surface area contributed by atoms with E-state index in [2.05, 4.69) is 4.99 Å². The van der Waals surface area contributed by atoms with Crippen molar-refractivity contribution >= 4 is 27.5 Å². The standard InChI is InChI=1S/C18H16F2N2O2S/c1-11-4-3-5-12(8-11)17(23)21-18-22(6-7-24-2)16-14(20)9-13(19)10-15(16)25-18/h3-5,8-10H,6-7H2,1-2H3. The Morgan fingerprint density at radius 1 is 1.28 bits per heavy atom. The molecule has 25 heavy (non-hydrogen) atoms. The molecule has 0 aliphatic heterocycles. The molecule has 1 heterocycles. The molecule has 0 N–H and O–H groups in total. The zero-order valence-electron chi connectivity index (χ0n) is 13.8. The summed E-state index contributed by atoms with van der Waals surface area (Å²) in [6.45, 7) is 2.50. The predicted octanol–water partition coefficient (Wildman–Crippen LogP) is 3.68. The zero-order valence-corrected chi connectivity index (χ0v) is 14.6. The molecule has 2 aromatic carbocycles. The predicted molar refractivity (Wildman–Crippen MR) is 92.7 cm³/mol. The van der Waals surface area contributed by atoms with Crippen LogP contribution in [0.2, 0.25) is 0 Å². The molecule has 0 unspecified atom stereocenters. The lowest BCUT2D eigenvalue weighted by Gasteiger charge is -2.05.